The Hall–Kier alpha value is -3.35. The van der Waals surface area contributed by atoms with Crippen LogP contribution in [-0.2, 0) is 27.2 Å². The SMILES string of the molecule is CCCCn1c(-c2ccc(NCCCS(=O)O)cc2)c(C#N)c2ccc(OCCOC(C)=O)cc21. The van der Waals surface area contributed by atoms with Crippen molar-refractivity contribution in [3.05, 3.63) is 48.0 Å². The van der Waals surface area contributed by atoms with Crippen LogP contribution in [-0.4, -0.2) is 44.8 Å². The largest absolute Gasteiger partial charge is 0.490 e. The Bertz CT molecular complexity index is 1210. The number of ether oxygens (including phenoxy) is 2. The molecule has 0 amide bonds. The predicted octanol–water partition coefficient (Wildman–Crippen LogP) is 4.95. The van der Waals surface area contributed by atoms with Gasteiger partial charge in [-0.05, 0) is 42.7 Å². The molecule has 1 heterocycles. The van der Waals surface area contributed by atoms with Gasteiger partial charge in [0.15, 0.2) is 11.1 Å². The van der Waals surface area contributed by atoms with E-state index in [4.69, 9.17) is 14.0 Å². The van der Waals surface area contributed by atoms with Gasteiger partial charge >= 0.3 is 5.97 Å². The lowest BCUT2D eigenvalue weighted by molar-refractivity contribution is -0.141. The zero-order valence-electron chi connectivity index (χ0n) is 20.1. The minimum absolute atomic E-state index is 0.178. The highest BCUT2D eigenvalue weighted by molar-refractivity contribution is 7.79. The van der Waals surface area contributed by atoms with Gasteiger partial charge in [-0.15, -0.1) is 0 Å². The summed E-state index contributed by atoms with van der Waals surface area (Å²) in [5.74, 6) is 0.548. The summed E-state index contributed by atoms with van der Waals surface area (Å²) >= 11 is -1.78. The fourth-order valence-corrected chi connectivity index (χ4v) is 4.29. The van der Waals surface area contributed by atoms with E-state index < -0.39 is 11.1 Å². The molecule has 0 radical (unpaired) electrons. The molecule has 186 valence electrons. The van der Waals surface area contributed by atoms with Gasteiger partial charge in [0, 0.05) is 37.2 Å². The molecular formula is C26H31N3O5S. The molecule has 9 heteroatoms. The van der Waals surface area contributed by atoms with Gasteiger partial charge in [-0.25, -0.2) is 4.21 Å². The third-order valence-electron chi connectivity index (χ3n) is 5.52. The number of nitriles is 1. The molecule has 0 fully saturated rings. The monoisotopic (exact) mass is 497 g/mol. The topological polar surface area (TPSA) is 114 Å². The third-order valence-corrected chi connectivity index (χ3v) is 6.16. The Labute approximate surface area is 208 Å². The number of carbonyl (C=O) groups is 1. The first-order chi connectivity index (χ1) is 16.9. The lowest BCUT2D eigenvalue weighted by Gasteiger charge is -2.13. The lowest BCUT2D eigenvalue weighted by Crippen LogP contribution is -2.09. The number of carbonyl (C=O) groups excluding carboxylic acids is 1. The average molecular weight is 498 g/mol. The number of esters is 1. The van der Waals surface area contributed by atoms with Crippen molar-refractivity contribution < 1.29 is 23.0 Å². The molecule has 3 rings (SSSR count). The second kappa shape index (κ2) is 12.9. The maximum Gasteiger partial charge on any atom is 0.302 e. The summed E-state index contributed by atoms with van der Waals surface area (Å²) < 4.78 is 32.6. The number of nitrogens with zero attached hydrogens (tertiary/aromatic N) is 2. The maximum absolute atomic E-state index is 11.0. The van der Waals surface area contributed by atoms with E-state index in [1.54, 1.807) is 0 Å². The molecule has 35 heavy (non-hydrogen) atoms. The van der Waals surface area contributed by atoms with Crippen molar-refractivity contribution in [1.82, 2.24) is 4.57 Å². The lowest BCUT2D eigenvalue weighted by atomic mass is 10.1. The molecule has 2 aromatic carbocycles. The van der Waals surface area contributed by atoms with Crippen LogP contribution in [0.1, 0.15) is 38.7 Å². The first-order valence-electron chi connectivity index (χ1n) is 11.7. The standard InChI is InChI=1S/C26H31N3O5S/c1-3-4-13-29-25-17-22(34-15-14-33-19(2)30)10-11-23(25)24(18-27)26(29)20-6-8-21(9-7-20)28-12-5-16-35(31)32/h6-11,17,28H,3-5,12-16H2,1-2H3,(H,31,32). The molecule has 8 nitrogen and oxygen atoms in total. The molecule has 0 saturated heterocycles. The summed E-state index contributed by atoms with van der Waals surface area (Å²) in [5, 5.41) is 14.2. The second-order valence-corrected chi connectivity index (χ2v) is 9.14. The van der Waals surface area contributed by atoms with E-state index in [-0.39, 0.29) is 24.9 Å². The minimum Gasteiger partial charge on any atom is -0.490 e. The van der Waals surface area contributed by atoms with Gasteiger partial charge < -0.3 is 23.9 Å². The number of fused-ring (bicyclic) bond motifs is 1. The van der Waals surface area contributed by atoms with E-state index >= 15 is 0 Å². The number of aromatic nitrogens is 1. The van der Waals surface area contributed by atoms with Gasteiger partial charge in [-0.3, -0.25) is 4.79 Å². The Morgan fingerprint density at radius 2 is 1.94 bits per heavy atom. The summed E-state index contributed by atoms with van der Waals surface area (Å²) in [6, 6.07) is 16.0. The fourth-order valence-electron chi connectivity index (χ4n) is 3.90. The van der Waals surface area contributed by atoms with Crippen molar-refractivity contribution in [3.63, 3.8) is 0 Å². The quantitative estimate of drug-likeness (QED) is 0.195. The first kappa shape index (κ1) is 26.3. The molecular weight excluding hydrogens is 466 g/mol. The number of rotatable bonds is 13. The van der Waals surface area contributed by atoms with Crippen LogP contribution in [0.25, 0.3) is 22.2 Å². The van der Waals surface area contributed by atoms with Crippen LogP contribution in [0.5, 0.6) is 5.75 Å². The molecule has 2 N–H and O–H groups in total. The van der Waals surface area contributed by atoms with E-state index in [9.17, 15) is 14.3 Å². The van der Waals surface area contributed by atoms with E-state index in [2.05, 4.69) is 22.9 Å². The second-order valence-electron chi connectivity index (χ2n) is 8.09. The number of hydrogen-bond acceptors (Lipinski definition) is 6. The van der Waals surface area contributed by atoms with E-state index in [0.29, 0.717) is 24.3 Å². The fraction of sp³-hybridized carbons (Fsp3) is 0.385. The predicted molar refractivity (Wildman–Crippen MR) is 138 cm³/mol. The number of nitrogens with one attached hydrogen (secondary N) is 1. The molecule has 0 aliphatic heterocycles. The number of benzene rings is 2. The smallest absolute Gasteiger partial charge is 0.302 e. The zero-order valence-corrected chi connectivity index (χ0v) is 20.9. The third kappa shape index (κ3) is 7.07. The first-order valence-corrected chi connectivity index (χ1v) is 13.0. The van der Waals surface area contributed by atoms with Gasteiger partial charge in [0.25, 0.3) is 0 Å². The summed E-state index contributed by atoms with van der Waals surface area (Å²) in [5.41, 5.74) is 4.27. The molecule has 0 saturated carbocycles. The van der Waals surface area contributed by atoms with Crippen LogP contribution in [0.2, 0.25) is 0 Å². The van der Waals surface area contributed by atoms with E-state index in [1.807, 2.05) is 42.5 Å². The Morgan fingerprint density at radius 1 is 1.17 bits per heavy atom. The minimum atomic E-state index is -1.78. The molecule has 1 atom stereocenters. The Balaban J connectivity index is 1.90. The molecule has 0 bridgehead atoms. The van der Waals surface area contributed by atoms with Crippen LogP contribution in [0.15, 0.2) is 42.5 Å². The van der Waals surface area contributed by atoms with Gasteiger partial charge in [0.2, 0.25) is 0 Å². The Morgan fingerprint density at radius 3 is 2.60 bits per heavy atom. The van der Waals surface area contributed by atoms with Crippen LogP contribution < -0.4 is 10.1 Å². The normalized spacial score (nSPS) is 11.7. The van der Waals surface area contributed by atoms with Crippen molar-refractivity contribution in [2.45, 2.75) is 39.7 Å². The van der Waals surface area contributed by atoms with Crippen molar-refractivity contribution >= 4 is 33.6 Å². The highest BCUT2D eigenvalue weighted by atomic mass is 32.2. The Kier molecular flexibility index (Phi) is 9.70. The summed E-state index contributed by atoms with van der Waals surface area (Å²) in [6.07, 6.45) is 2.58. The van der Waals surface area contributed by atoms with Crippen LogP contribution >= 0.6 is 0 Å². The molecule has 0 aliphatic rings. The van der Waals surface area contributed by atoms with E-state index in [0.717, 1.165) is 47.2 Å². The highest BCUT2D eigenvalue weighted by Gasteiger charge is 2.19. The van der Waals surface area contributed by atoms with Crippen molar-refractivity contribution in [1.29, 1.82) is 5.26 Å². The van der Waals surface area contributed by atoms with Gasteiger partial charge in [0.05, 0.1) is 22.5 Å². The number of unbranched alkanes of at least 4 members (excludes halogenated alkanes) is 1. The summed E-state index contributed by atoms with van der Waals surface area (Å²) in [4.78, 5) is 11.0. The van der Waals surface area contributed by atoms with Crippen molar-refractivity contribution in [2.24, 2.45) is 0 Å². The number of aryl methyl sites for hydroxylation is 1. The van der Waals surface area contributed by atoms with Crippen LogP contribution in [0.3, 0.4) is 0 Å². The molecule has 0 spiro atoms. The number of hydrogen-bond donors (Lipinski definition) is 2. The molecule has 1 unspecified atom stereocenters. The average Bonchev–Trinajstić information content (AvgIpc) is 3.16. The molecule has 3 aromatic rings. The highest BCUT2D eigenvalue weighted by Crippen LogP contribution is 2.36. The van der Waals surface area contributed by atoms with Gasteiger partial charge in [-0.2, -0.15) is 5.26 Å². The molecule has 1 aromatic heterocycles. The maximum atomic E-state index is 11.0. The van der Waals surface area contributed by atoms with E-state index in [1.165, 1.54) is 6.92 Å². The van der Waals surface area contributed by atoms with Crippen molar-refractivity contribution in [2.75, 3.05) is 30.8 Å². The van der Waals surface area contributed by atoms with Crippen LogP contribution in [0, 0.1) is 11.3 Å². The van der Waals surface area contributed by atoms with Crippen LogP contribution in [0.4, 0.5) is 5.69 Å². The number of anilines is 1. The molecule has 0 aliphatic carbocycles. The summed E-state index contributed by atoms with van der Waals surface area (Å²) in [7, 11) is 0. The summed E-state index contributed by atoms with van der Waals surface area (Å²) in [6.45, 7) is 5.29. The zero-order chi connectivity index (χ0) is 25.2. The van der Waals surface area contributed by atoms with Gasteiger partial charge in [-0.1, -0.05) is 25.5 Å². The van der Waals surface area contributed by atoms with Gasteiger partial charge in [0.1, 0.15) is 25.0 Å². The van der Waals surface area contributed by atoms with Crippen molar-refractivity contribution in [3.8, 4) is 23.1 Å².